The van der Waals surface area contributed by atoms with Crippen molar-refractivity contribution >= 4 is 38.6 Å². The Morgan fingerprint density at radius 3 is 2.54 bits per heavy atom. The third kappa shape index (κ3) is 7.14. The third-order valence-corrected chi connectivity index (χ3v) is 8.33. The zero-order valence-electron chi connectivity index (χ0n) is 22.2. The number of nitrogens with zero attached hydrogens (tertiary/aromatic N) is 3. The van der Waals surface area contributed by atoms with E-state index in [-0.39, 0.29) is 11.3 Å². The van der Waals surface area contributed by atoms with Crippen molar-refractivity contribution in [2.45, 2.75) is 44.0 Å². The number of amides is 1. The minimum absolute atomic E-state index is 0.0319. The molecule has 0 aliphatic carbocycles. The number of imidazole rings is 1. The Morgan fingerprint density at radius 1 is 1.10 bits per heavy atom. The summed E-state index contributed by atoms with van der Waals surface area (Å²) < 4.78 is 45.2. The number of aryl methyl sites for hydroxylation is 2. The van der Waals surface area contributed by atoms with Gasteiger partial charge in [0, 0.05) is 31.7 Å². The molecule has 1 amide bonds. The quantitative estimate of drug-likeness (QED) is 0.336. The van der Waals surface area contributed by atoms with Crippen LogP contribution in [0, 0.1) is 0 Å². The summed E-state index contributed by atoms with van der Waals surface area (Å²) in [5.41, 5.74) is 1.94. The number of benzene rings is 2. The number of rotatable bonds is 12. The Balaban J connectivity index is 1.40. The van der Waals surface area contributed by atoms with Gasteiger partial charge in [-0.05, 0) is 48.9 Å². The van der Waals surface area contributed by atoms with Crippen LogP contribution in [0.5, 0.6) is 5.75 Å². The summed E-state index contributed by atoms with van der Waals surface area (Å²) in [6, 6.07) is 11.8. The molecule has 0 bridgehead atoms. The summed E-state index contributed by atoms with van der Waals surface area (Å²) in [6.07, 6.45) is 2.20. The highest BCUT2D eigenvalue weighted by molar-refractivity contribution is 7.89. The summed E-state index contributed by atoms with van der Waals surface area (Å²) >= 11 is 0. The maximum Gasteiger partial charge on any atom is 0.306 e. The van der Waals surface area contributed by atoms with E-state index in [4.69, 9.17) is 14.2 Å². The number of sulfonamides is 1. The van der Waals surface area contributed by atoms with Crippen molar-refractivity contribution in [1.29, 1.82) is 0 Å². The van der Waals surface area contributed by atoms with Crippen LogP contribution in [0.25, 0.3) is 11.0 Å². The Bertz CT molecular complexity index is 1400. The molecule has 39 heavy (non-hydrogen) atoms. The van der Waals surface area contributed by atoms with Crippen LogP contribution in [0.2, 0.25) is 0 Å². The van der Waals surface area contributed by atoms with Crippen LogP contribution >= 0.6 is 0 Å². The number of nitrogens with one attached hydrogen (secondary N) is 1. The average molecular weight is 559 g/mol. The predicted molar refractivity (Wildman–Crippen MR) is 145 cm³/mol. The number of ether oxygens (including phenoxy) is 3. The third-order valence-electron chi connectivity index (χ3n) is 6.43. The number of unbranched alkanes of at least 4 members (excludes halogenated alkanes) is 1. The van der Waals surface area contributed by atoms with Gasteiger partial charge in [0.1, 0.15) is 11.6 Å². The lowest BCUT2D eigenvalue weighted by atomic mass is 10.2. The minimum atomic E-state index is -3.66. The van der Waals surface area contributed by atoms with Gasteiger partial charge in [-0.15, -0.1) is 0 Å². The number of anilines is 1. The molecule has 0 radical (unpaired) electrons. The van der Waals surface area contributed by atoms with Crippen molar-refractivity contribution in [1.82, 2.24) is 13.9 Å². The van der Waals surface area contributed by atoms with Crippen molar-refractivity contribution in [2.75, 3.05) is 45.3 Å². The summed E-state index contributed by atoms with van der Waals surface area (Å²) in [4.78, 5) is 29.4. The number of carbonyl (C=O) groups is 2. The molecule has 1 N–H and O–H groups in total. The minimum Gasteiger partial charge on any atom is -0.497 e. The molecule has 4 rings (SSSR count). The molecule has 2 aromatic carbocycles. The number of esters is 1. The number of methoxy groups -OCH3 is 1. The predicted octanol–water partition coefficient (Wildman–Crippen LogP) is 2.98. The lowest BCUT2D eigenvalue weighted by Gasteiger charge is -2.26. The van der Waals surface area contributed by atoms with Gasteiger partial charge in [-0.25, -0.2) is 13.4 Å². The van der Waals surface area contributed by atoms with E-state index in [1.807, 2.05) is 4.57 Å². The number of fused-ring (bicyclic) bond motifs is 1. The van der Waals surface area contributed by atoms with Gasteiger partial charge >= 0.3 is 5.97 Å². The Morgan fingerprint density at radius 2 is 1.85 bits per heavy atom. The molecule has 3 aromatic rings. The lowest BCUT2D eigenvalue weighted by Crippen LogP contribution is -2.40. The van der Waals surface area contributed by atoms with Gasteiger partial charge in [0.15, 0.2) is 6.61 Å². The van der Waals surface area contributed by atoms with E-state index in [1.54, 1.807) is 49.6 Å². The van der Waals surface area contributed by atoms with Crippen molar-refractivity contribution < 1.29 is 32.2 Å². The molecule has 1 aliphatic heterocycles. The first-order valence-corrected chi connectivity index (χ1v) is 14.4. The molecule has 1 aromatic heterocycles. The van der Waals surface area contributed by atoms with Gasteiger partial charge in [0.2, 0.25) is 10.0 Å². The molecule has 210 valence electrons. The van der Waals surface area contributed by atoms with Crippen LogP contribution in [-0.4, -0.2) is 74.2 Å². The van der Waals surface area contributed by atoms with E-state index < -0.39 is 28.5 Å². The van der Waals surface area contributed by atoms with Gasteiger partial charge < -0.3 is 24.1 Å². The number of hydrogen-bond donors (Lipinski definition) is 1. The van der Waals surface area contributed by atoms with E-state index in [9.17, 15) is 18.0 Å². The van der Waals surface area contributed by atoms with Gasteiger partial charge in [-0.1, -0.05) is 13.3 Å². The highest BCUT2D eigenvalue weighted by Crippen LogP contribution is 2.25. The summed E-state index contributed by atoms with van der Waals surface area (Å²) in [5.74, 6) is 0.362. The molecule has 0 saturated carbocycles. The summed E-state index contributed by atoms with van der Waals surface area (Å²) in [6.45, 7) is 3.75. The maximum atomic E-state index is 13.1. The van der Waals surface area contributed by atoms with Crippen molar-refractivity contribution in [2.24, 2.45) is 0 Å². The maximum absolute atomic E-state index is 13.1. The van der Waals surface area contributed by atoms with Crippen LogP contribution in [0.15, 0.2) is 47.4 Å². The van der Waals surface area contributed by atoms with E-state index in [0.717, 1.165) is 18.4 Å². The van der Waals surface area contributed by atoms with Crippen LogP contribution in [0.1, 0.15) is 32.0 Å². The monoisotopic (exact) mass is 558 g/mol. The lowest BCUT2D eigenvalue weighted by molar-refractivity contribution is -0.147. The molecule has 12 heteroatoms. The number of hydrogen-bond acceptors (Lipinski definition) is 8. The van der Waals surface area contributed by atoms with E-state index in [0.29, 0.717) is 62.0 Å². The molecular weight excluding hydrogens is 524 g/mol. The molecule has 0 atom stereocenters. The SMILES string of the molecule is CCCCn1c(CCC(=O)OCC(=O)Nc2ccc(OC)cc2)nc2cc(S(=O)(=O)N3CCOCC3)ccc21. The number of aromatic nitrogens is 2. The molecule has 1 saturated heterocycles. The van der Waals surface area contributed by atoms with Crippen molar-refractivity contribution in [3.8, 4) is 5.75 Å². The van der Waals surface area contributed by atoms with Crippen LogP contribution in [0.3, 0.4) is 0 Å². The molecule has 1 aliphatic rings. The fraction of sp³-hybridized carbons (Fsp3) is 0.444. The second-order valence-corrected chi connectivity index (χ2v) is 11.1. The highest BCUT2D eigenvalue weighted by atomic mass is 32.2. The largest absolute Gasteiger partial charge is 0.497 e. The molecule has 0 spiro atoms. The smallest absolute Gasteiger partial charge is 0.306 e. The molecule has 11 nitrogen and oxygen atoms in total. The van der Waals surface area contributed by atoms with Gasteiger partial charge in [0.05, 0.1) is 42.7 Å². The van der Waals surface area contributed by atoms with Crippen molar-refractivity contribution in [3.63, 3.8) is 0 Å². The molecule has 0 unspecified atom stereocenters. The fourth-order valence-electron chi connectivity index (χ4n) is 4.32. The van der Waals surface area contributed by atoms with Crippen LogP contribution in [-0.2, 0) is 42.1 Å². The normalized spacial score (nSPS) is 14.3. The average Bonchev–Trinajstić information content (AvgIpc) is 3.31. The van der Waals surface area contributed by atoms with Gasteiger partial charge in [0.25, 0.3) is 5.91 Å². The van der Waals surface area contributed by atoms with E-state index >= 15 is 0 Å². The Hall–Kier alpha value is -3.48. The second-order valence-electron chi connectivity index (χ2n) is 9.14. The molecule has 1 fully saturated rings. The highest BCUT2D eigenvalue weighted by Gasteiger charge is 2.27. The Kier molecular flexibility index (Phi) is 9.54. The van der Waals surface area contributed by atoms with Crippen LogP contribution in [0.4, 0.5) is 5.69 Å². The van der Waals surface area contributed by atoms with Gasteiger partial charge in [-0.2, -0.15) is 4.31 Å². The Labute approximate surface area is 228 Å². The first-order valence-electron chi connectivity index (χ1n) is 13.0. The summed E-state index contributed by atoms with van der Waals surface area (Å²) in [7, 11) is -2.10. The van der Waals surface area contributed by atoms with Crippen LogP contribution < -0.4 is 10.1 Å². The molecule has 2 heterocycles. The topological polar surface area (TPSA) is 129 Å². The van der Waals surface area contributed by atoms with Gasteiger partial charge in [-0.3, -0.25) is 9.59 Å². The first-order chi connectivity index (χ1) is 18.8. The first kappa shape index (κ1) is 28.5. The number of morpholine rings is 1. The standard InChI is InChI=1S/C27H34N4O7S/c1-3-4-13-31-24-10-9-22(39(34,35)30-14-16-37-17-15-30)18-23(24)29-25(31)11-12-27(33)38-19-26(32)28-20-5-7-21(36-2)8-6-20/h5-10,18H,3-4,11-17,19H2,1-2H3,(H,28,32). The second kappa shape index (κ2) is 13.0. The molecular formula is C27H34N4O7S. The van der Waals surface area contributed by atoms with E-state index in [2.05, 4.69) is 17.2 Å². The fourth-order valence-corrected chi connectivity index (χ4v) is 5.74. The van der Waals surface area contributed by atoms with E-state index in [1.165, 1.54) is 4.31 Å². The zero-order valence-corrected chi connectivity index (χ0v) is 23.0. The van der Waals surface area contributed by atoms with Crippen molar-refractivity contribution in [3.05, 3.63) is 48.3 Å². The zero-order chi connectivity index (χ0) is 27.8. The summed E-state index contributed by atoms with van der Waals surface area (Å²) in [5, 5.41) is 2.67. The number of carbonyl (C=O) groups excluding carboxylic acids is 2.